The highest BCUT2D eigenvalue weighted by Gasteiger charge is 2.23. The Balaban J connectivity index is 1.94. The smallest absolute Gasteiger partial charge is 0.0570 e. The van der Waals surface area contributed by atoms with Crippen LogP contribution in [0.4, 0.5) is 0 Å². The van der Waals surface area contributed by atoms with Crippen molar-refractivity contribution in [2.24, 2.45) is 0 Å². The van der Waals surface area contributed by atoms with E-state index in [1.54, 1.807) is 23.1 Å². The van der Waals surface area contributed by atoms with Crippen LogP contribution >= 0.6 is 23.1 Å². The number of hydrogen-bond acceptors (Lipinski definition) is 4. The van der Waals surface area contributed by atoms with Gasteiger partial charge in [-0.2, -0.15) is 4.37 Å². The standard InChI is InChI=1S/C13H18N2S2/c1-10(11-6-9-16-15-11)4-7-13(2,3)12-5-8-14-17-12/h5-6,8-10H,4,7H2,1-3H3. The minimum absolute atomic E-state index is 0.228. The largest absolute Gasteiger partial charge is 0.201 e. The fourth-order valence-electron chi connectivity index (χ4n) is 1.89. The van der Waals surface area contributed by atoms with Crippen LogP contribution in [0.3, 0.4) is 0 Å². The third-order valence-electron chi connectivity index (χ3n) is 3.27. The van der Waals surface area contributed by atoms with E-state index in [0.29, 0.717) is 5.92 Å². The van der Waals surface area contributed by atoms with Gasteiger partial charge >= 0.3 is 0 Å². The average molecular weight is 266 g/mol. The zero-order chi connectivity index (χ0) is 12.3. The minimum atomic E-state index is 0.228. The molecule has 0 aromatic carbocycles. The van der Waals surface area contributed by atoms with Gasteiger partial charge in [0.1, 0.15) is 0 Å². The molecule has 0 fully saturated rings. The summed E-state index contributed by atoms with van der Waals surface area (Å²) in [6.07, 6.45) is 4.24. The predicted octanol–water partition coefficient (Wildman–Crippen LogP) is 4.46. The van der Waals surface area contributed by atoms with Crippen molar-refractivity contribution in [3.8, 4) is 0 Å². The summed E-state index contributed by atoms with van der Waals surface area (Å²) in [5.74, 6) is 0.549. The first-order valence-corrected chi connectivity index (χ1v) is 7.52. The Bertz CT molecular complexity index is 432. The van der Waals surface area contributed by atoms with Gasteiger partial charge in [-0.25, -0.2) is 4.37 Å². The van der Waals surface area contributed by atoms with Gasteiger partial charge in [-0.15, -0.1) is 0 Å². The zero-order valence-corrected chi connectivity index (χ0v) is 12.1. The van der Waals surface area contributed by atoms with E-state index in [9.17, 15) is 0 Å². The molecule has 0 saturated heterocycles. The molecule has 2 rings (SSSR count). The highest BCUT2D eigenvalue weighted by Crippen LogP contribution is 2.33. The van der Waals surface area contributed by atoms with Gasteiger partial charge in [0.25, 0.3) is 0 Å². The molecule has 0 radical (unpaired) electrons. The maximum atomic E-state index is 4.41. The Morgan fingerprint density at radius 3 is 2.76 bits per heavy atom. The second-order valence-electron chi connectivity index (χ2n) is 5.12. The summed E-state index contributed by atoms with van der Waals surface area (Å²) in [5, 5.41) is 2.06. The Hall–Kier alpha value is -0.740. The lowest BCUT2D eigenvalue weighted by Gasteiger charge is -2.24. The van der Waals surface area contributed by atoms with Crippen molar-refractivity contribution in [2.75, 3.05) is 0 Å². The lowest BCUT2D eigenvalue weighted by atomic mass is 9.83. The third-order valence-corrected chi connectivity index (χ3v) is 4.96. The lowest BCUT2D eigenvalue weighted by molar-refractivity contribution is 0.445. The monoisotopic (exact) mass is 266 g/mol. The van der Waals surface area contributed by atoms with Gasteiger partial charge in [0.2, 0.25) is 0 Å². The summed E-state index contributed by atoms with van der Waals surface area (Å²) in [4.78, 5) is 1.38. The summed E-state index contributed by atoms with van der Waals surface area (Å²) in [5.41, 5.74) is 1.46. The molecule has 0 N–H and O–H groups in total. The fraction of sp³-hybridized carbons (Fsp3) is 0.538. The average Bonchev–Trinajstić information content (AvgIpc) is 2.97. The number of nitrogens with zero attached hydrogens (tertiary/aromatic N) is 2. The molecule has 4 heteroatoms. The molecule has 0 amide bonds. The summed E-state index contributed by atoms with van der Waals surface area (Å²) in [6, 6.07) is 4.27. The van der Waals surface area contributed by atoms with Crippen molar-refractivity contribution in [1.82, 2.24) is 8.75 Å². The molecule has 0 aliphatic heterocycles. The van der Waals surface area contributed by atoms with Crippen LogP contribution in [0.5, 0.6) is 0 Å². The van der Waals surface area contributed by atoms with Gasteiger partial charge < -0.3 is 0 Å². The first-order valence-electron chi connectivity index (χ1n) is 5.91. The maximum Gasteiger partial charge on any atom is 0.0570 e. The summed E-state index contributed by atoms with van der Waals surface area (Å²) < 4.78 is 8.61. The first kappa shape index (κ1) is 12.7. The summed E-state index contributed by atoms with van der Waals surface area (Å²) >= 11 is 3.16. The van der Waals surface area contributed by atoms with Crippen LogP contribution in [0.2, 0.25) is 0 Å². The molecule has 2 heterocycles. The second kappa shape index (κ2) is 5.27. The van der Waals surface area contributed by atoms with E-state index in [1.807, 2.05) is 6.20 Å². The van der Waals surface area contributed by atoms with Crippen LogP contribution in [0.25, 0.3) is 0 Å². The molecule has 1 unspecified atom stereocenters. The molecular weight excluding hydrogens is 248 g/mol. The van der Waals surface area contributed by atoms with Gasteiger partial charge in [-0.3, -0.25) is 0 Å². The van der Waals surface area contributed by atoms with E-state index < -0.39 is 0 Å². The SMILES string of the molecule is CC(CCC(C)(C)c1ccns1)c1ccsn1. The molecule has 92 valence electrons. The van der Waals surface area contributed by atoms with Crippen molar-refractivity contribution in [1.29, 1.82) is 0 Å². The molecule has 17 heavy (non-hydrogen) atoms. The van der Waals surface area contributed by atoms with Gasteiger partial charge in [0.05, 0.1) is 5.69 Å². The van der Waals surface area contributed by atoms with E-state index in [0.717, 1.165) is 0 Å². The van der Waals surface area contributed by atoms with Crippen LogP contribution in [0.15, 0.2) is 23.7 Å². The van der Waals surface area contributed by atoms with Crippen molar-refractivity contribution in [3.05, 3.63) is 34.3 Å². The topological polar surface area (TPSA) is 25.8 Å². The van der Waals surface area contributed by atoms with Gasteiger partial charge in [0.15, 0.2) is 0 Å². The molecule has 2 aromatic rings. The Kier molecular flexibility index (Phi) is 3.94. The molecule has 0 saturated carbocycles. The molecule has 0 aliphatic rings. The Morgan fingerprint density at radius 1 is 1.35 bits per heavy atom. The normalized spacial score (nSPS) is 13.8. The molecule has 2 nitrogen and oxygen atoms in total. The number of hydrogen-bond donors (Lipinski definition) is 0. The summed E-state index contributed by atoms with van der Waals surface area (Å²) in [7, 11) is 0. The number of aromatic nitrogens is 2. The second-order valence-corrected chi connectivity index (χ2v) is 6.62. The minimum Gasteiger partial charge on any atom is -0.201 e. The summed E-state index contributed by atoms with van der Waals surface area (Å²) in [6.45, 7) is 6.86. The van der Waals surface area contributed by atoms with E-state index in [1.165, 1.54) is 23.4 Å². The van der Waals surface area contributed by atoms with Crippen LogP contribution in [0.1, 0.15) is 50.1 Å². The van der Waals surface area contributed by atoms with E-state index >= 15 is 0 Å². The van der Waals surface area contributed by atoms with Gasteiger partial charge in [-0.05, 0) is 54.0 Å². The maximum absolute atomic E-state index is 4.41. The third kappa shape index (κ3) is 3.13. The van der Waals surface area contributed by atoms with Crippen molar-refractivity contribution in [2.45, 2.75) is 44.9 Å². The van der Waals surface area contributed by atoms with E-state index in [4.69, 9.17) is 0 Å². The van der Waals surface area contributed by atoms with E-state index in [-0.39, 0.29) is 5.41 Å². The fourth-order valence-corrected chi connectivity index (χ4v) is 3.22. The van der Waals surface area contributed by atoms with Crippen LogP contribution in [-0.2, 0) is 5.41 Å². The molecule has 0 spiro atoms. The van der Waals surface area contributed by atoms with Crippen LogP contribution in [-0.4, -0.2) is 8.75 Å². The van der Waals surface area contributed by atoms with Crippen molar-refractivity contribution < 1.29 is 0 Å². The first-order chi connectivity index (χ1) is 8.09. The molecule has 0 aliphatic carbocycles. The Morgan fingerprint density at radius 2 is 2.18 bits per heavy atom. The highest BCUT2D eigenvalue weighted by atomic mass is 32.1. The molecular formula is C13H18N2S2. The van der Waals surface area contributed by atoms with Crippen LogP contribution < -0.4 is 0 Å². The van der Waals surface area contributed by atoms with E-state index in [2.05, 4.69) is 47.0 Å². The Labute approximate surface area is 111 Å². The highest BCUT2D eigenvalue weighted by molar-refractivity contribution is 7.05. The van der Waals surface area contributed by atoms with Gasteiger partial charge in [-0.1, -0.05) is 20.8 Å². The zero-order valence-electron chi connectivity index (χ0n) is 10.5. The predicted molar refractivity (Wildman–Crippen MR) is 74.9 cm³/mol. The quantitative estimate of drug-likeness (QED) is 0.798. The molecule has 1 atom stereocenters. The van der Waals surface area contributed by atoms with Crippen LogP contribution in [0, 0.1) is 0 Å². The molecule has 0 bridgehead atoms. The van der Waals surface area contributed by atoms with Crippen molar-refractivity contribution in [3.63, 3.8) is 0 Å². The van der Waals surface area contributed by atoms with Crippen molar-refractivity contribution >= 4 is 23.1 Å². The molecule has 2 aromatic heterocycles. The lowest BCUT2D eigenvalue weighted by Crippen LogP contribution is -2.16. The van der Waals surface area contributed by atoms with Gasteiger partial charge in [0, 0.05) is 21.9 Å². The number of rotatable bonds is 5.